The lowest BCUT2D eigenvalue weighted by Crippen LogP contribution is -2.78. The zero-order chi connectivity index (χ0) is 27.9. The Morgan fingerprint density at radius 1 is 1.11 bits per heavy atom. The number of carboxylic acids is 2. The van der Waals surface area contributed by atoms with Crippen molar-refractivity contribution in [2.45, 2.75) is 44.4 Å². The Balaban J connectivity index is 0.000000358. The van der Waals surface area contributed by atoms with Crippen LogP contribution in [0.4, 0.5) is 5.69 Å². The maximum atomic E-state index is 10.9. The van der Waals surface area contributed by atoms with Gasteiger partial charge < -0.3 is 35.4 Å². The number of para-hydroxylation sites is 1. The van der Waals surface area contributed by atoms with Crippen LogP contribution < -0.4 is 32.6 Å². The van der Waals surface area contributed by atoms with E-state index in [9.17, 15) is 14.7 Å². The quantitative estimate of drug-likeness (QED) is 0.0865. The number of carboxylic acid groups (broad SMARTS) is 2. The summed E-state index contributed by atoms with van der Waals surface area (Å²) >= 11 is 0. The standard InChI is InChI=1S/C21H24N2O3.C6H14N4O2/c1-26-20(21(24)25)15-16-7-9-18(10-8-16)22-12-4-13-23-14-11-17-5-2-3-6-19(17)23;7-4(5(11)12)2-1-3-10-6(8)9/h2-3,5-11,14,20,22H,4,12-13,15H2,1H3,(H,24,25);4H,1-3,7H2,(H,11,12)(H4,8,9,10)/t20-;/m0./s1. The van der Waals surface area contributed by atoms with E-state index in [1.54, 1.807) is 0 Å². The zero-order valence-electron chi connectivity index (χ0n) is 21.6. The van der Waals surface area contributed by atoms with E-state index in [1.807, 2.05) is 24.3 Å². The number of fused-ring (bicyclic) bond motifs is 1. The van der Waals surface area contributed by atoms with Crippen LogP contribution in [0.15, 0.2) is 60.8 Å². The van der Waals surface area contributed by atoms with Crippen molar-refractivity contribution in [1.29, 1.82) is 0 Å². The first-order chi connectivity index (χ1) is 18.2. The minimum atomic E-state index is -1.19. The largest absolute Gasteiger partial charge is 0.547 e. The van der Waals surface area contributed by atoms with Crippen LogP contribution >= 0.6 is 0 Å². The summed E-state index contributed by atoms with van der Waals surface area (Å²) in [7, 11) is 1.38. The van der Waals surface area contributed by atoms with E-state index in [0.29, 0.717) is 25.8 Å². The molecule has 0 saturated carbocycles. The number of aliphatic carboxylic acids is 2. The van der Waals surface area contributed by atoms with E-state index >= 15 is 0 Å². The van der Waals surface area contributed by atoms with Gasteiger partial charge in [0.05, 0.1) is 12.5 Å². The van der Waals surface area contributed by atoms with Crippen molar-refractivity contribution in [3.63, 3.8) is 0 Å². The third-order valence-electron chi connectivity index (χ3n) is 5.85. The van der Waals surface area contributed by atoms with Gasteiger partial charge in [-0.1, -0.05) is 30.3 Å². The van der Waals surface area contributed by atoms with E-state index in [-0.39, 0.29) is 5.96 Å². The van der Waals surface area contributed by atoms with Gasteiger partial charge in [0.15, 0.2) is 0 Å². The van der Waals surface area contributed by atoms with E-state index in [1.165, 1.54) is 18.0 Å². The summed E-state index contributed by atoms with van der Waals surface area (Å²) in [5, 5.41) is 24.0. The van der Waals surface area contributed by atoms with Crippen LogP contribution in [0.2, 0.25) is 0 Å². The molecule has 0 fully saturated rings. The Labute approximate surface area is 222 Å². The lowest BCUT2D eigenvalue weighted by atomic mass is 10.1. The molecule has 0 radical (unpaired) electrons. The molecule has 0 amide bonds. The fourth-order valence-corrected chi connectivity index (χ4v) is 3.73. The number of aromatic nitrogens is 1. The van der Waals surface area contributed by atoms with Gasteiger partial charge >= 0.3 is 11.9 Å². The third kappa shape index (κ3) is 10.5. The highest BCUT2D eigenvalue weighted by Crippen LogP contribution is 2.16. The number of carbonyl (C=O) groups excluding carboxylic acids is 1. The van der Waals surface area contributed by atoms with E-state index in [4.69, 9.17) is 27.0 Å². The summed E-state index contributed by atoms with van der Waals surface area (Å²) in [6.45, 7) is 2.37. The predicted octanol–water partition coefficient (Wildman–Crippen LogP) is -1.02. The first kappa shape index (κ1) is 30.1. The fourth-order valence-electron chi connectivity index (χ4n) is 3.73. The number of carbonyl (C=O) groups is 2. The summed E-state index contributed by atoms with van der Waals surface area (Å²) in [5.74, 6) is -2.04. The summed E-state index contributed by atoms with van der Waals surface area (Å²) in [4.78, 5) is 23.8. The third-order valence-corrected chi connectivity index (χ3v) is 5.85. The van der Waals surface area contributed by atoms with Gasteiger partial charge in [-0.25, -0.2) is 0 Å². The summed E-state index contributed by atoms with van der Waals surface area (Å²) in [6, 6.07) is 17.5. The number of hydrogen-bond donors (Lipinski definition) is 6. The number of ether oxygens (including phenoxy) is 1. The van der Waals surface area contributed by atoms with Crippen molar-refractivity contribution in [2.24, 2.45) is 17.2 Å². The first-order valence-corrected chi connectivity index (χ1v) is 12.4. The predicted molar refractivity (Wildman–Crippen MR) is 145 cm³/mol. The molecule has 11 nitrogen and oxygen atoms in total. The smallest absolute Gasteiger partial charge is 0.338 e. The van der Waals surface area contributed by atoms with Gasteiger partial charge in [-0.2, -0.15) is 0 Å². The molecular formula is C27H38N6O5. The van der Waals surface area contributed by atoms with Crippen molar-refractivity contribution in [2.75, 3.05) is 25.5 Å². The average Bonchev–Trinajstić information content (AvgIpc) is 3.31. The number of nitrogens with two attached hydrogens (primary N) is 3. The summed E-state index contributed by atoms with van der Waals surface area (Å²) < 4.78 is 7.18. The normalized spacial score (nSPS) is 12.2. The van der Waals surface area contributed by atoms with Crippen LogP contribution in [-0.4, -0.2) is 59.9 Å². The molecule has 1 unspecified atom stereocenters. The van der Waals surface area contributed by atoms with Gasteiger partial charge in [0.25, 0.3) is 0 Å². The minimum absolute atomic E-state index is 0.138. The highest BCUT2D eigenvalue weighted by atomic mass is 16.5. The number of rotatable bonds is 14. The van der Waals surface area contributed by atoms with E-state index in [2.05, 4.69) is 51.4 Å². The van der Waals surface area contributed by atoms with Crippen molar-refractivity contribution in [3.8, 4) is 0 Å². The Morgan fingerprint density at radius 3 is 2.45 bits per heavy atom. The van der Waals surface area contributed by atoms with Crippen molar-refractivity contribution >= 4 is 34.5 Å². The summed E-state index contributed by atoms with van der Waals surface area (Å²) in [6.07, 6.45) is 3.57. The number of benzene rings is 2. The highest BCUT2D eigenvalue weighted by Gasteiger charge is 2.10. The van der Waals surface area contributed by atoms with E-state index in [0.717, 1.165) is 30.8 Å². The van der Waals surface area contributed by atoms with Crippen LogP contribution in [0.1, 0.15) is 24.8 Å². The first-order valence-electron chi connectivity index (χ1n) is 12.4. The molecule has 2 aromatic carbocycles. The number of nitrogens with zero attached hydrogens (tertiary/aromatic N) is 1. The second-order valence-corrected chi connectivity index (χ2v) is 8.76. The molecule has 0 spiro atoms. The van der Waals surface area contributed by atoms with Gasteiger partial charge in [0.2, 0.25) is 0 Å². The number of methoxy groups -OCH3 is 1. The molecule has 3 aromatic rings. The van der Waals surface area contributed by atoms with Gasteiger partial charge in [-0.3, -0.25) is 21.3 Å². The number of nitrogens with one attached hydrogen (secondary N) is 2. The van der Waals surface area contributed by atoms with Crippen LogP contribution in [0.3, 0.4) is 0 Å². The maximum Gasteiger partial charge on any atom is 0.338 e. The Bertz CT molecular complexity index is 1170. The van der Waals surface area contributed by atoms with Gasteiger partial charge in [0, 0.05) is 44.0 Å². The van der Waals surface area contributed by atoms with Crippen molar-refractivity contribution in [3.05, 3.63) is 66.4 Å². The molecule has 0 bridgehead atoms. The molecule has 0 aliphatic carbocycles. The molecule has 0 aliphatic rings. The number of hydrogen-bond acceptors (Lipinski definition) is 6. The molecule has 0 aliphatic heterocycles. The van der Waals surface area contributed by atoms with Crippen LogP contribution in [-0.2, 0) is 27.3 Å². The molecule has 9 N–H and O–H groups in total. The number of aryl methyl sites for hydroxylation is 1. The van der Waals surface area contributed by atoms with Gasteiger partial charge in [-0.05, 0) is 54.5 Å². The Kier molecular flexibility index (Phi) is 12.6. The molecular weight excluding hydrogens is 488 g/mol. The number of anilines is 1. The van der Waals surface area contributed by atoms with Gasteiger partial charge in [-0.15, -0.1) is 0 Å². The topological polar surface area (TPSA) is 196 Å². The SMILES string of the molecule is CO[C@@H](Cc1ccc(NCCCn2ccc3ccccc32)cc1)C(=O)[O-].NC(N)=[NH+]CCCC(N)C(=O)O. The van der Waals surface area contributed by atoms with E-state index < -0.39 is 24.1 Å². The fraction of sp³-hybridized carbons (Fsp3) is 0.370. The van der Waals surface area contributed by atoms with Crippen molar-refractivity contribution in [1.82, 2.24) is 4.57 Å². The molecule has 206 valence electrons. The minimum Gasteiger partial charge on any atom is -0.547 e. The Hall–Kier alpha value is -4.09. The molecule has 11 heteroatoms. The van der Waals surface area contributed by atoms with Gasteiger partial charge in [0.1, 0.15) is 12.1 Å². The second kappa shape index (κ2) is 15.9. The molecule has 3 rings (SSSR count). The maximum absolute atomic E-state index is 10.9. The highest BCUT2D eigenvalue weighted by molar-refractivity contribution is 5.79. The molecule has 0 saturated heterocycles. The Morgan fingerprint density at radius 2 is 1.82 bits per heavy atom. The monoisotopic (exact) mass is 526 g/mol. The zero-order valence-corrected chi connectivity index (χ0v) is 21.6. The molecule has 1 aromatic heterocycles. The summed E-state index contributed by atoms with van der Waals surface area (Å²) in [5.41, 5.74) is 18.6. The molecule has 38 heavy (non-hydrogen) atoms. The van der Waals surface area contributed by atoms with Crippen molar-refractivity contribution < 1.29 is 29.5 Å². The van der Waals surface area contributed by atoms with Crippen LogP contribution in [0.5, 0.6) is 0 Å². The van der Waals surface area contributed by atoms with Crippen LogP contribution in [0.25, 0.3) is 10.9 Å². The molecule has 2 atom stereocenters. The number of guanidine groups is 1. The lowest BCUT2D eigenvalue weighted by Gasteiger charge is -2.16. The average molecular weight is 527 g/mol. The second-order valence-electron chi connectivity index (χ2n) is 8.76. The lowest BCUT2D eigenvalue weighted by molar-refractivity contribution is -0.459. The molecule has 1 heterocycles. The van der Waals surface area contributed by atoms with Crippen LogP contribution in [0, 0.1) is 0 Å².